The van der Waals surface area contributed by atoms with Crippen molar-refractivity contribution in [2.75, 3.05) is 0 Å². The maximum atomic E-state index is 13.7. The lowest BCUT2D eigenvalue weighted by molar-refractivity contribution is -0.322. The first-order chi connectivity index (χ1) is 11.3. The van der Waals surface area contributed by atoms with Crippen molar-refractivity contribution in [3.05, 3.63) is 24.3 Å². The molecule has 1 atom stereocenters. The van der Waals surface area contributed by atoms with Gasteiger partial charge in [-0.2, -0.15) is 22.0 Å². The second-order valence-corrected chi connectivity index (χ2v) is 6.68. The van der Waals surface area contributed by atoms with Crippen molar-refractivity contribution in [2.24, 2.45) is 5.84 Å². The highest BCUT2D eigenvalue weighted by Crippen LogP contribution is 2.47. The van der Waals surface area contributed by atoms with Gasteiger partial charge in [-0.15, -0.1) is 13.2 Å². The first-order valence-corrected chi connectivity index (χ1v) is 7.57. The number of halogens is 9. The minimum atomic E-state index is -6.19. The normalized spacial score (nSPS) is 16.5. The molecule has 1 aromatic carbocycles. The number of benzene rings is 1. The number of hydrogen-bond donors (Lipinski definition) is 1. The summed E-state index contributed by atoms with van der Waals surface area (Å²) in [5.41, 5.74) is -5.36. The molecule has 0 spiro atoms. The summed E-state index contributed by atoms with van der Waals surface area (Å²) in [6.45, 7) is -0.622. The third-order valence-corrected chi connectivity index (χ3v) is 4.60. The molecule has 1 aromatic rings. The highest BCUT2D eigenvalue weighted by atomic mass is 32.2. The van der Waals surface area contributed by atoms with E-state index < -0.39 is 56.3 Å². The summed E-state index contributed by atoms with van der Waals surface area (Å²) in [5.74, 6) is 3.58. The smallest absolute Gasteiger partial charge is 0.406 e. The van der Waals surface area contributed by atoms with Crippen molar-refractivity contribution < 1.29 is 52.7 Å². The summed E-state index contributed by atoms with van der Waals surface area (Å²) < 4.78 is 140. The Balaban J connectivity index is 3.25. The average Bonchev–Trinajstić information content (AvgIpc) is 2.43. The SMILES string of the molecule is CC(F)(C(F)(F)F)C(F)(F)N(N)S(=O)(=O)c1ccc(OC(F)(F)F)cc1. The highest BCUT2D eigenvalue weighted by molar-refractivity contribution is 7.89. The minimum absolute atomic E-state index is 0.301. The van der Waals surface area contributed by atoms with Crippen LogP contribution >= 0.6 is 0 Å². The van der Waals surface area contributed by atoms with Gasteiger partial charge < -0.3 is 4.74 Å². The molecule has 5 nitrogen and oxygen atoms in total. The van der Waals surface area contributed by atoms with E-state index in [1.165, 1.54) is 0 Å². The van der Waals surface area contributed by atoms with Crippen molar-refractivity contribution >= 4 is 10.0 Å². The lowest BCUT2D eigenvalue weighted by atomic mass is 10.1. The minimum Gasteiger partial charge on any atom is -0.406 e. The molecule has 0 bridgehead atoms. The second-order valence-electron chi connectivity index (χ2n) is 4.86. The van der Waals surface area contributed by atoms with E-state index in [9.17, 15) is 47.9 Å². The summed E-state index contributed by atoms with van der Waals surface area (Å²) in [6, 6.07) is -4.41. The van der Waals surface area contributed by atoms with Gasteiger partial charge in [-0.25, -0.2) is 18.7 Å². The van der Waals surface area contributed by atoms with E-state index in [0.717, 1.165) is 0 Å². The third-order valence-electron chi connectivity index (χ3n) is 2.99. The Morgan fingerprint density at radius 3 is 1.69 bits per heavy atom. The molecule has 0 aliphatic rings. The zero-order valence-electron chi connectivity index (χ0n) is 12.4. The number of ether oxygens (including phenoxy) is 1. The zero-order chi connectivity index (χ0) is 20.8. The Morgan fingerprint density at radius 2 is 1.35 bits per heavy atom. The van der Waals surface area contributed by atoms with Gasteiger partial charge in [0.05, 0.1) is 4.90 Å². The van der Waals surface area contributed by atoms with Crippen LogP contribution in [0.1, 0.15) is 6.92 Å². The molecule has 0 amide bonds. The quantitative estimate of drug-likeness (QED) is 0.343. The van der Waals surface area contributed by atoms with Crippen LogP contribution in [0, 0.1) is 0 Å². The molecule has 1 unspecified atom stereocenters. The molecule has 0 aliphatic heterocycles. The summed E-state index contributed by atoms with van der Waals surface area (Å²) in [7, 11) is -5.62. The van der Waals surface area contributed by atoms with E-state index in [1.807, 2.05) is 0 Å². The summed E-state index contributed by atoms with van der Waals surface area (Å²) >= 11 is 0. The Hall–Kier alpha value is -1.74. The van der Waals surface area contributed by atoms with Gasteiger partial charge in [0, 0.05) is 0 Å². The van der Waals surface area contributed by atoms with Gasteiger partial charge in [0.25, 0.3) is 15.7 Å². The molecule has 0 saturated carbocycles. The van der Waals surface area contributed by atoms with E-state index in [-0.39, 0.29) is 0 Å². The van der Waals surface area contributed by atoms with Crippen LogP contribution in [0.4, 0.5) is 39.5 Å². The monoisotopic (exact) mass is 420 g/mol. The highest BCUT2D eigenvalue weighted by Gasteiger charge is 2.72. The van der Waals surface area contributed by atoms with Crippen molar-refractivity contribution in [2.45, 2.75) is 36.1 Å². The van der Waals surface area contributed by atoms with Gasteiger partial charge in [0.1, 0.15) is 5.75 Å². The third kappa shape index (κ3) is 4.15. The molecule has 2 N–H and O–H groups in total. The summed E-state index contributed by atoms with van der Waals surface area (Å²) in [5, 5.41) is 0. The van der Waals surface area contributed by atoms with Gasteiger partial charge in [-0.05, 0) is 31.2 Å². The molecule has 15 heteroatoms. The van der Waals surface area contributed by atoms with Crippen LogP contribution < -0.4 is 10.6 Å². The Morgan fingerprint density at radius 1 is 0.923 bits per heavy atom. The van der Waals surface area contributed by atoms with E-state index in [1.54, 1.807) is 0 Å². The van der Waals surface area contributed by atoms with E-state index in [0.29, 0.717) is 24.3 Å². The van der Waals surface area contributed by atoms with Crippen LogP contribution in [-0.2, 0) is 10.0 Å². The van der Waals surface area contributed by atoms with E-state index in [2.05, 4.69) is 10.6 Å². The van der Waals surface area contributed by atoms with Crippen molar-refractivity contribution in [3.63, 3.8) is 0 Å². The fraction of sp³-hybridized carbons (Fsp3) is 0.455. The molecule has 0 aliphatic carbocycles. The maximum Gasteiger partial charge on any atom is 0.573 e. The molecular formula is C11H9F9N2O3S. The van der Waals surface area contributed by atoms with Crippen molar-refractivity contribution in [1.29, 1.82) is 0 Å². The standard InChI is InChI=1S/C11H9F9N2O3S/c1-8(12,9(13,14)15)10(16,17)22(21)26(23,24)7-4-2-6(3-5-7)25-11(18,19)20/h2-5H,21H2,1H3. The lowest BCUT2D eigenvalue weighted by Gasteiger charge is -2.36. The second kappa shape index (κ2) is 6.45. The predicted octanol–water partition coefficient (Wildman–Crippen LogP) is 3.33. The van der Waals surface area contributed by atoms with E-state index in [4.69, 9.17) is 0 Å². The molecule has 0 aromatic heterocycles. The van der Waals surface area contributed by atoms with Gasteiger partial charge in [-0.3, -0.25) is 0 Å². The number of hydrogen-bond acceptors (Lipinski definition) is 4. The van der Waals surface area contributed by atoms with Crippen LogP contribution in [0.15, 0.2) is 29.2 Å². The summed E-state index contributed by atoms with van der Waals surface area (Å²) in [4.78, 5) is -1.23. The molecule has 0 saturated heterocycles. The maximum absolute atomic E-state index is 13.7. The van der Waals surface area contributed by atoms with Crippen LogP contribution in [0.2, 0.25) is 0 Å². The topological polar surface area (TPSA) is 72.6 Å². The summed E-state index contributed by atoms with van der Waals surface area (Å²) in [6.07, 6.45) is -11.3. The zero-order valence-corrected chi connectivity index (χ0v) is 13.2. The molecule has 0 heterocycles. The first-order valence-electron chi connectivity index (χ1n) is 6.13. The number of nitrogens with two attached hydrogens (primary N) is 1. The number of rotatable bonds is 5. The number of sulfonamides is 1. The van der Waals surface area contributed by atoms with Crippen LogP contribution in [0.5, 0.6) is 5.75 Å². The van der Waals surface area contributed by atoms with Crippen molar-refractivity contribution in [1.82, 2.24) is 4.41 Å². The van der Waals surface area contributed by atoms with Crippen LogP contribution in [0.3, 0.4) is 0 Å². The van der Waals surface area contributed by atoms with Gasteiger partial charge in [0.15, 0.2) is 0 Å². The first kappa shape index (κ1) is 22.3. The van der Waals surface area contributed by atoms with Gasteiger partial charge >= 0.3 is 18.6 Å². The van der Waals surface area contributed by atoms with Crippen molar-refractivity contribution in [3.8, 4) is 5.75 Å². The Bertz CT molecular complexity index is 742. The molecule has 0 radical (unpaired) electrons. The lowest BCUT2D eigenvalue weighted by Crippen LogP contribution is -2.65. The van der Waals surface area contributed by atoms with Crippen LogP contribution in [0.25, 0.3) is 0 Å². The fourth-order valence-electron chi connectivity index (χ4n) is 1.46. The number of alkyl halides is 9. The molecule has 150 valence electrons. The van der Waals surface area contributed by atoms with Gasteiger partial charge in [-0.1, -0.05) is 4.41 Å². The number of nitrogens with zero attached hydrogens (tertiary/aromatic N) is 1. The average molecular weight is 420 g/mol. The number of hydrazine groups is 1. The van der Waals surface area contributed by atoms with Crippen LogP contribution in [-0.4, -0.2) is 37.1 Å². The largest absolute Gasteiger partial charge is 0.573 e. The Labute approximate surface area is 140 Å². The predicted molar refractivity (Wildman–Crippen MR) is 66.9 cm³/mol. The molecule has 0 fully saturated rings. The van der Waals surface area contributed by atoms with E-state index >= 15 is 0 Å². The Kier molecular flexibility index (Phi) is 5.54. The molecular weight excluding hydrogens is 411 g/mol. The molecule has 1 rings (SSSR count). The fourth-order valence-corrected chi connectivity index (χ4v) is 2.64. The molecule has 26 heavy (non-hydrogen) atoms. The van der Waals surface area contributed by atoms with Gasteiger partial charge in [0.2, 0.25) is 0 Å².